The normalized spacial score (nSPS) is 32.4. The summed E-state index contributed by atoms with van der Waals surface area (Å²) in [4.78, 5) is 11.6. The molecule has 3 unspecified atom stereocenters. The van der Waals surface area contributed by atoms with Crippen LogP contribution in [0.1, 0.15) is 46.0 Å². The van der Waals surface area contributed by atoms with E-state index in [0.29, 0.717) is 11.6 Å². The van der Waals surface area contributed by atoms with Crippen molar-refractivity contribution in [3.8, 4) is 0 Å². The second-order valence-electron chi connectivity index (χ2n) is 5.74. The van der Waals surface area contributed by atoms with Gasteiger partial charge in [0.2, 0.25) is 5.91 Å². The van der Waals surface area contributed by atoms with Gasteiger partial charge in [-0.3, -0.25) is 4.79 Å². The van der Waals surface area contributed by atoms with Crippen molar-refractivity contribution in [1.82, 2.24) is 5.32 Å². The summed E-state index contributed by atoms with van der Waals surface area (Å²) in [5.41, 5.74) is 2.17. The van der Waals surface area contributed by atoms with Crippen molar-refractivity contribution in [2.24, 2.45) is 11.8 Å². The standard InChI is InChI=1S/C15H23NO/c1-10(2)15(17)16-14-7-6-12-8-11(3)4-5-13(12)9-14/h8,12-14H,1,4-7,9H2,2-3H3,(H,16,17). The number of hydrogen-bond acceptors (Lipinski definition) is 1. The number of fused-ring (bicyclic) bond motifs is 1. The van der Waals surface area contributed by atoms with Crippen LogP contribution in [0.5, 0.6) is 0 Å². The highest BCUT2D eigenvalue weighted by Crippen LogP contribution is 2.39. The van der Waals surface area contributed by atoms with Crippen LogP contribution in [-0.4, -0.2) is 11.9 Å². The Morgan fingerprint density at radius 3 is 2.88 bits per heavy atom. The average Bonchev–Trinajstić information content (AvgIpc) is 2.29. The molecule has 1 saturated carbocycles. The summed E-state index contributed by atoms with van der Waals surface area (Å²) in [5.74, 6) is 1.57. The summed E-state index contributed by atoms with van der Waals surface area (Å²) < 4.78 is 0. The minimum atomic E-state index is 0.0241. The molecule has 1 amide bonds. The molecular weight excluding hydrogens is 210 g/mol. The molecule has 0 spiro atoms. The van der Waals surface area contributed by atoms with Crippen molar-refractivity contribution in [1.29, 1.82) is 0 Å². The molecule has 0 bridgehead atoms. The predicted octanol–water partition coefficient (Wildman–Crippen LogP) is 3.20. The van der Waals surface area contributed by atoms with E-state index in [1.54, 1.807) is 12.5 Å². The van der Waals surface area contributed by atoms with Crippen LogP contribution in [0.4, 0.5) is 0 Å². The van der Waals surface area contributed by atoms with E-state index in [4.69, 9.17) is 0 Å². The highest BCUT2D eigenvalue weighted by atomic mass is 16.1. The topological polar surface area (TPSA) is 29.1 Å². The molecule has 2 heteroatoms. The maximum Gasteiger partial charge on any atom is 0.246 e. The summed E-state index contributed by atoms with van der Waals surface area (Å²) in [6, 6.07) is 0.368. The van der Waals surface area contributed by atoms with E-state index in [1.165, 1.54) is 19.3 Å². The van der Waals surface area contributed by atoms with Crippen molar-refractivity contribution >= 4 is 5.91 Å². The minimum Gasteiger partial charge on any atom is -0.350 e. The largest absolute Gasteiger partial charge is 0.350 e. The van der Waals surface area contributed by atoms with Crippen molar-refractivity contribution in [3.63, 3.8) is 0 Å². The molecule has 17 heavy (non-hydrogen) atoms. The maximum atomic E-state index is 11.6. The van der Waals surface area contributed by atoms with Crippen molar-refractivity contribution < 1.29 is 4.79 Å². The molecule has 0 aliphatic heterocycles. The lowest BCUT2D eigenvalue weighted by atomic mass is 9.71. The third kappa shape index (κ3) is 2.99. The number of carbonyl (C=O) groups excluding carboxylic acids is 1. The number of rotatable bonds is 2. The number of allylic oxidation sites excluding steroid dienone is 2. The van der Waals surface area contributed by atoms with Gasteiger partial charge >= 0.3 is 0 Å². The molecule has 2 aliphatic carbocycles. The Bertz CT molecular complexity index is 356. The molecule has 2 nitrogen and oxygen atoms in total. The van der Waals surface area contributed by atoms with Gasteiger partial charge in [-0.2, -0.15) is 0 Å². The molecule has 2 aliphatic rings. The fraction of sp³-hybridized carbons (Fsp3) is 0.667. The van der Waals surface area contributed by atoms with E-state index in [2.05, 4.69) is 24.9 Å². The Morgan fingerprint density at radius 2 is 2.18 bits per heavy atom. The Balaban J connectivity index is 1.91. The summed E-state index contributed by atoms with van der Waals surface area (Å²) in [7, 11) is 0. The lowest BCUT2D eigenvalue weighted by molar-refractivity contribution is -0.118. The van der Waals surface area contributed by atoms with Gasteiger partial charge < -0.3 is 5.32 Å². The average molecular weight is 233 g/mol. The molecule has 0 radical (unpaired) electrons. The van der Waals surface area contributed by atoms with Crippen LogP contribution < -0.4 is 5.32 Å². The lowest BCUT2D eigenvalue weighted by Crippen LogP contribution is -2.41. The molecule has 1 N–H and O–H groups in total. The fourth-order valence-corrected chi connectivity index (χ4v) is 3.14. The van der Waals surface area contributed by atoms with E-state index >= 15 is 0 Å². The third-order valence-electron chi connectivity index (χ3n) is 4.17. The van der Waals surface area contributed by atoms with Gasteiger partial charge in [-0.05, 0) is 57.8 Å². The summed E-state index contributed by atoms with van der Waals surface area (Å²) in [6.45, 7) is 7.70. The first-order valence-corrected chi connectivity index (χ1v) is 6.70. The zero-order valence-corrected chi connectivity index (χ0v) is 11.0. The summed E-state index contributed by atoms with van der Waals surface area (Å²) >= 11 is 0. The van der Waals surface area contributed by atoms with Crippen LogP contribution in [0.3, 0.4) is 0 Å². The van der Waals surface area contributed by atoms with Crippen molar-refractivity contribution in [3.05, 3.63) is 23.8 Å². The zero-order chi connectivity index (χ0) is 12.4. The van der Waals surface area contributed by atoms with Gasteiger partial charge in [-0.15, -0.1) is 0 Å². The smallest absolute Gasteiger partial charge is 0.246 e. The van der Waals surface area contributed by atoms with E-state index in [-0.39, 0.29) is 5.91 Å². The maximum absolute atomic E-state index is 11.6. The molecule has 2 rings (SSSR count). The first kappa shape index (κ1) is 12.4. The van der Waals surface area contributed by atoms with E-state index in [9.17, 15) is 4.79 Å². The predicted molar refractivity (Wildman–Crippen MR) is 70.6 cm³/mol. The Hall–Kier alpha value is -1.05. The number of hydrogen-bond donors (Lipinski definition) is 1. The van der Waals surface area contributed by atoms with Gasteiger partial charge in [-0.25, -0.2) is 0 Å². The van der Waals surface area contributed by atoms with Gasteiger partial charge in [0.05, 0.1) is 0 Å². The number of nitrogens with one attached hydrogen (secondary N) is 1. The molecule has 0 aromatic rings. The van der Waals surface area contributed by atoms with Crippen LogP contribution in [0.2, 0.25) is 0 Å². The van der Waals surface area contributed by atoms with Crippen LogP contribution >= 0.6 is 0 Å². The highest BCUT2D eigenvalue weighted by molar-refractivity contribution is 5.92. The Kier molecular flexibility index (Phi) is 3.70. The van der Waals surface area contributed by atoms with Crippen LogP contribution in [-0.2, 0) is 4.79 Å². The molecule has 0 aromatic heterocycles. The molecule has 1 fully saturated rings. The van der Waals surface area contributed by atoms with Crippen molar-refractivity contribution in [2.45, 2.75) is 52.0 Å². The van der Waals surface area contributed by atoms with Crippen LogP contribution in [0.15, 0.2) is 23.8 Å². The Labute approximate surface area is 104 Å². The highest BCUT2D eigenvalue weighted by Gasteiger charge is 2.31. The van der Waals surface area contributed by atoms with Gasteiger partial charge in [-0.1, -0.05) is 18.2 Å². The van der Waals surface area contributed by atoms with Crippen molar-refractivity contribution in [2.75, 3.05) is 0 Å². The molecule has 0 saturated heterocycles. The molecule has 94 valence electrons. The Morgan fingerprint density at radius 1 is 1.41 bits per heavy atom. The van der Waals surface area contributed by atoms with Crippen LogP contribution in [0, 0.1) is 11.8 Å². The molecule has 3 atom stereocenters. The second kappa shape index (κ2) is 5.07. The van der Waals surface area contributed by atoms with E-state index < -0.39 is 0 Å². The van der Waals surface area contributed by atoms with E-state index in [1.807, 2.05) is 0 Å². The van der Waals surface area contributed by atoms with Gasteiger partial charge in [0, 0.05) is 11.6 Å². The second-order valence-corrected chi connectivity index (χ2v) is 5.74. The van der Waals surface area contributed by atoms with Crippen LogP contribution in [0.25, 0.3) is 0 Å². The lowest BCUT2D eigenvalue weighted by Gasteiger charge is -2.38. The SMILES string of the molecule is C=C(C)C(=O)NC1CCC2C=C(C)CCC2C1. The number of amides is 1. The monoisotopic (exact) mass is 233 g/mol. The minimum absolute atomic E-state index is 0.0241. The van der Waals surface area contributed by atoms with E-state index in [0.717, 1.165) is 24.7 Å². The zero-order valence-electron chi connectivity index (χ0n) is 11.0. The molecule has 0 aromatic carbocycles. The number of carbonyl (C=O) groups is 1. The first-order valence-electron chi connectivity index (χ1n) is 6.70. The summed E-state index contributed by atoms with van der Waals surface area (Å²) in [6.07, 6.45) is 8.49. The first-order chi connectivity index (χ1) is 8.06. The fourth-order valence-electron chi connectivity index (χ4n) is 3.14. The molecule has 0 heterocycles. The molecular formula is C15H23NO. The van der Waals surface area contributed by atoms with Gasteiger partial charge in [0.1, 0.15) is 0 Å². The summed E-state index contributed by atoms with van der Waals surface area (Å²) in [5, 5.41) is 3.10. The van der Waals surface area contributed by atoms with Gasteiger partial charge in [0.15, 0.2) is 0 Å². The third-order valence-corrected chi connectivity index (χ3v) is 4.17. The van der Waals surface area contributed by atoms with Gasteiger partial charge in [0.25, 0.3) is 0 Å². The quantitative estimate of drug-likeness (QED) is 0.576.